The first-order valence-electron chi connectivity index (χ1n) is 5.81. The third-order valence-corrected chi connectivity index (χ3v) is 4.58. The standard InChI is InChI=1S/C11H11N3O4S.ClH/c15-14(16)7-1-2-10-9(5-7)13-11(18-10)19(17)8-3-4-12-6-8;/h1-2,5,8,12H,3-4,6H2;1H/t8-,19?;/m1./s1. The normalized spacial score (nSPS) is 19.7. The molecule has 0 aliphatic carbocycles. The maximum atomic E-state index is 12.2. The Balaban J connectivity index is 0.00000147. The second-order valence-electron chi connectivity index (χ2n) is 4.30. The lowest BCUT2D eigenvalue weighted by atomic mass is 10.3. The highest BCUT2D eigenvalue weighted by molar-refractivity contribution is 7.85. The Labute approximate surface area is 122 Å². The van der Waals surface area contributed by atoms with Crippen molar-refractivity contribution in [2.75, 3.05) is 13.1 Å². The van der Waals surface area contributed by atoms with Crippen molar-refractivity contribution in [1.82, 2.24) is 10.3 Å². The number of non-ortho nitro benzene ring substituents is 1. The minimum absolute atomic E-state index is 0. The van der Waals surface area contributed by atoms with E-state index in [4.69, 9.17) is 4.42 Å². The van der Waals surface area contributed by atoms with E-state index in [1.807, 2.05) is 0 Å². The molecule has 1 saturated heterocycles. The van der Waals surface area contributed by atoms with E-state index in [-0.39, 0.29) is 28.6 Å². The predicted molar refractivity (Wildman–Crippen MR) is 75.6 cm³/mol. The molecule has 0 spiro atoms. The minimum atomic E-state index is -1.32. The molecule has 20 heavy (non-hydrogen) atoms. The molecular weight excluding hydrogens is 306 g/mol. The largest absolute Gasteiger partial charge is 0.430 e. The zero-order valence-corrected chi connectivity index (χ0v) is 11.9. The van der Waals surface area contributed by atoms with Gasteiger partial charge < -0.3 is 9.73 Å². The Bertz CT molecular complexity index is 669. The predicted octanol–water partition coefficient (Wildman–Crippen LogP) is 1.63. The molecule has 0 amide bonds. The molecular formula is C11H12ClN3O4S. The zero-order chi connectivity index (χ0) is 13.4. The summed E-state index contributed by atoms with van der Waals surface area (Å²) in [6.45, 7) is 1.51. The number of hydrogen-bond donors (Lipinski definition) is 1. The SMILES string of the molecule is Cl.O=[N+]([O-])c1ccc2oc(S(=O)[C@@H]3CCNC3)nc2c1. The van der Waals surface area contributed by atoms with E-state index in [9.17, 15) is 14.3 Å². The fraction of sp³-hybridized carbons (Fsp3) is 0.364. The van der Waals surface area contributed by atoms with E-state index in [1.165, 1.54) is 18.2 Å². The Morgan fingerprint density at radius 1 is 1.50 bits per heavy atom. The van der Waals surface area contributed by atoms with Crippen LogP contribution in [0.2, 0.25) is 0 Å². The molecule has 1 unspecified atom stereocenters. The average Bonchev–Trinajstić information content (AvgIpc) is 3.06. The molecule has 1 aromatic carbocycles. The van der Waals surface area contributed by atoms with E-state index >= 15 is 0 Å². The molecule has 1 N–H and O–H groups in total. The first-order valence-corrected chi connectivity index (χ1v) is 7.03. The number of oxazole rings is 1. The van der Waals surface area contributed by atoms with Gasteiger partial charge in [0.05, 0.1) is 10.2 Å². The van der Waals surface area contributed by atoms with Crippen molar-refractivity contribution in [3.63, 3.8) is 0 Å². The number of fused-ring (bicyclic) bond motifs is 1. The van der Waals surface area contributed by atoms with E-state index in [1.54, 1.807) is 0 Å². The van der Waals surface area contributed by atoms with Gasteiger partial charge in [0.1, 0.15) is 16.3 Å². The number of halogens is 1. The molecule has 2 atom stereocenters. The van der Waals surface area contributed by atoms with E-state index in [0.717, 1.165) is 13.0 Å². The lowest BCUT2D eigenvalue weighted by Gasteiger charge is -2.02. The lowest BCUT2D eigenvalue weighted by molar-refractivity contribution is -0.384. The number of aromatic nitrogens is 1. The molecule has 1 aromatic heterocycles. The number of nitro groups is 1. The van der Waals surface area contributed by atoms with Crippen LogP contribution in [0.3, 0.4) is 0 Å². The van der Waals surface area contributed by atoms with Crippen LogP contribution in [0.5, 0.6) is 0 Å². The highest BCUT2D eigenvalue weighted by atomic mass is 35.5. The highest BCUT2D eigenvalue weighted by Gasteiger charge is 2.26. The van der Waals surface area contributed by atoms with Gasteiger partial charge in [-0.15, -0.1) is 12.4 Å². The van der Waals surface area contributed by atoms with E-state index < -0.39 is 15.7 Å². The summed E-state index contributed by atoms with van der Waals surface area (Å²) in [6.07, 6.45) is 0.811. The van der Waals surface area contributed by atoms with Gasteiger partial charge in [-0.3, -0.25) is 10.1 Å². The van der Waals surface area contributed by atoms with Crippen LogP contribution in [-0.2, 0) is 10.8 Å². The van der Waals surface area contributed by atoms with Crippen molar-refractivity contribution in [2.24, 2.45) is 0 Å². The summed E-state index contributed by atoms with van der Waals surface area (Å²) in [5.41, 5.74) is 0.726. The molecule has 0 bridgehead atoms. The van der Waals surface area contributed by atoms with Gasteiger partial charge in [-0.2, -0.15) is 0 Å². The molecule has 1 aliphatic heterocycles. The summed E-state index contributed by atoms with van der Waals surface area (Å²) < 4.78 is 17.6. The van der Waals surface area contributed by atoms with Gasteiger partial charge in [0.2, 0.25) is 0 Å². The topological polar surface area (TPSA) is 98.3 Å². The number of hydrogen-bond acceptors (Lipinski definition) is 6. The number of nitro benzene ring substituents is 1. The van der Waals surface area contributed by atoms with Crippen molar-refractivity contribution in [3.8, 4) is 0 Å². The lowest BCUT2D eigenvalue weighted by Crippen LogP contribution is -2.18. The van der Waals surface area contributed by atoms with Crippen LogP contribution in [0.15, 0.2) is 27.8 Å². The Hall–Kier alpha value is -1.51. The van der Waals surface area contributed by atoms with Crippen molar-refractivity contribution in [3.05, 3.63) is 28.3 Å². The number of nitrogens with zero attached hydrogens (tertiary/aromatic N) is 2. The zero-order valence-electron chi connectivity index (χ0n) is 10.3. The summed E-state index contributed by atoms with van der Waals surface area (Å²) in [6, 6.07) is 4.15. The van der Waals surface area contributed by atoms with Crippen LogP contribution in [-0.4, -0.2) is 32.5 Å². The molecule has 2 heterocycles. The summed E-state index contributed by atoms with van der Waals surface area (Å²) in [5, 5.41) is 13.9. The molecule has 108 valence electrons. The fourth-order valence-electron chi connectivity index (χ4n) is 2.05. The molecule has 9 heteroatoms. The van der Waals surface area contributed by atoms with E-state index in [0.29, 0.717) is 17.6 Å². The van der Waals surface area contributed by atoms with Crippen molar-refractivity contribution in [2.45, 2.75) is 16.9 Å². The first kappa shape index (κ1) is 14.9. The van der Waals surface area contributed by atoms with Gasteiger partial charge in [-0.05, 0) is 19.0 Å². The molecule has 1 fully saturated rings. The van der Waals surface area contributed by atoms with Crippen molar-refractivity contribution in [1.29, 1.82) is 0 Å². The smallest absolute Gasteiger partial charge is 0.288 e. The molecule has 7 nitrogen and oxygen atoms in total. The van der Waals surface area contributed by atoms with Crippen LogP contribution in [0.1, 0.15) is 6.42 Å². The fourth-order valence-corrected chi connectivity index (χ4v) is 3.29. The van der Waals surface area contributed by atoms with Crippen LogP contribution in [0, 0.1) is 10.1 Å². The summed E-state index contributed by atoms with van der Waals surface area (Å²) in [5.74, 6) is 0. The van der Waals surface area contributed by atoms with Gasteiger partial charge in [0.25, 0.3) is 10.9 Å². The molecule has 1 aliphatic rings. The molecule has 2 aromatic rings. The van der Waals surface area contributed by atoms with Gasteiger partial charge in [0.15, 0.2) is 5.58 Å². The molecule has 0 saturated carbocycles. The maximum absolute atomic E-state index is 12.2. The van der Waals surface area contributed by atoms with Crippen LogP contribution >= 0.6 is 12.4 Å². The monoisotopic (exact) mass is 317 g/mol. The highest BCUT2D eigenvalue weighted by Crippen LogP contribution is 2.24. The molecule has 0 radical (unpaired) electrons. The van der Waals surface area contributed by atoms with Crippen LogP contribution in [0.25, 0.3) is 11.1 Å². The van der Waals surface area contributed by atoms with Crippen LogP contribution in [0.4, 0.5) is 5.69 Å². The van der Waals surface area contributed by atoms with Crippen molar-refractivity contribution < 1.29 is 13.5 Å². The third kappa shape index (κ3) is 2.67. The van der Waals surface area contributed by atoms with Gasteiger partial charge in [-0.1, -0.05) is 0 Å². The Morgan fingerprint density at radius 3 is 2.95 bits per heavy atom. The quantitative estimate of drug-likeness (QED) is 0.682. The Kier molecular flexibility index (Phi) is 4.36. The maximum Gasteiger partial charge on any atom is 0.288 e. The average molecular weight is 318 g/mol. The summed E-state index contributed by atoms with van der Waals surface area (Å²) >= 11 is 0. The van der Waals surface area contributed by atoms with Gasteiger partial charge in [-0.25, -0.2) is 9.19 Å². The number of nitrogens with one attached hydrogen (secondary N) is 1. The number of benzene rings is 1. The second kappa shape index (κ2) is 5.86. The molecule has 3 rings (SSSR count). The second-order valence-corrected chi connectivity index (χ2v) is 5.91. The number of rotatable bonds is 3. The summed E-state index contributed by atoms with van der Waals surface area (Å²) in [4.78, 5) is 14.3. The summed E-state index contributed by atoms with van der Waals surface area (Å²) in [7, 11) is -1.32. The van der Waals surface area contributed by atoms with E-state index in [2.05, 4.69) is 10.3 Å². The first-order chi connectivity index (χ1) is 9.15. The van der Waals surface area contributed by atoms with Crippen LogP contribution < -0.4 is 5.32 Å². The third-order valence-electron chi connectivity index (χ3n) is 3.05. The minimum Gasteiger partial charge on any atom is -0.430 e. The van der Waals surface area contributed by atoms with Gasteiger partial charge >= 0.3 is 0 Å². The Morgan fingerprint density at radius 2 is 2.30 bits per heavy atom. The van der Waals surface area contributed by atoms with Crippen molar-refractivity contribution >= 4 is 40.0 Å². The van der Waals surface area contributed by atoms with Gasteiger partial charge in [0, 0.05) is 18.7 Å².